The van der Waals surface area contributed by atoms with Crippen LogP contribution in [0.1, 0.15) is 43.0 Å². The van der Waals surface area contributed by atoms with Crippen molar-refractivity contribution in [3.63, 3.8) is 0 Å². The minimum atomic E-state index is -0.901. The fraction of sp³-hybridized carbons (Fsp3) is 0.364. The number of hydrogen-bond donors (Lipinski definition) is 1. The van der Waals surface area contributed by atoms with Crippen LogP contribution >= 0.6 is 0 Å². The van der Waals surface area contributed by atoms with E-state index in [1.54, 1.807) is 24.3 Å². The van der Waals surface area contributed by atoms with Crippen LogP contribution in [0, 0.1) is 17.1 Å². The summed E-state index contributed by atoms with van der Waals surface area (Å²) in [6.07, 6.45) is -0.105. The van der Waals surface area contributed by atoms with Crippen molar-refractivity contribution in [1.82, 2.24) is 9.80 Å². The molecule has 0 aliphatic carbocycles. The quantitative estimate of drug-likeness (QED) is 0.860. The third-order valence-corrected chi connectivity index (χ3v) is 5.47. The van der Waals surface area contributed by atoms with E-state index in [1.165, 1.54) is 17.0 Å². The van der Waals surface area contributed by atoms with Crippen LogP contribution in [-0.4, -0.2) is 46.2 Å². The van der Waals surface area contributed by atoms with E-state index in [0.717, 1.165) is 17.5 Å². The van der Waals surface area contributed by atoms with Gasteiger partial charge in [-0.25, -0.2) is 9.18 Å². The monoisotopic (exact) mass is 381 g/mol. The Balaban J connectivity index is 2.03. The lowest BCUT2D eigenvalue weighted by molar-refractivity contribution is 0.0199. The van der Waals surface area contributed by atoms with Crippen LogP contribution in [0.5, 0.6) is 0 Å². The second-order valence-electron chi connectivity index (χ2n) is 7.23. The normalized spacial score (nSPS) is 21.1. The number of rotatable bonds is 4. The van der Waals surface area contributed by atoms with Gasteiger partial charge < -0.3 is 10.0 Å². The number of benzene rings is 2. The minimum Gasteiger partial charge on any atom is -0.465 e. The summed E-state index contributed by atoms with van der Waals surface area (Å²) < 4.78 is 13.5. The van der Waals surface area contributed by atoms with Crippen molar-refractivity contribution in [2.24, 2.45) is 0 Å². The molecular weight excluding hydrogens is 357 g/mol. The van der Waals surface area contributed by atoms with E-state index in [-0.39, 0.29) is 23.9 Å². The van der Waals surface area contributed by atoms with Crippen LogP contribution in [0.3, 0.4) is 0 Å². The largest absolute Gasteiger partial charge is 0.465 e. The highest BCUT2D eigenvalue weighted by Gasteiger charge is 2.37. The number of halogens is 1. The molecule has 0 spiro atoms. The first-order valence-electron chi connectivity index (χ1n) is 9.45. The summed E-state index contributed by atoms with van der Waals surface area (Å²) in [6.45, 7) is 4.97. The fourth-order valence-electron chi connectivity index (χ4n) is 3.97. The molecule has 0 bridgehead atoms. The molecule has 0 radical (unpaired) electrons. The topological polar surface area (TPSA) is 67.6 Å². The van der Waals surface area contributed by atoms with E-state index >= 15 is 0 Å². The molecule has 1 N–H and O–H groups in total. The summed E-state index contributed by atoms with van der Waals surface area (Å²) in [5, 5.41) is 18.6. The fourth-order valence-corrected chi connectivity index (χ4v) is 3.97. The molecule has 28 heavy (non-hydrogen) atoms. The molecule has 1 fully saturated rings. The third kappa shape index (κ3) is 4.00. The second kappa shape index (κ2) is 8.41. The zero-order valence-corrected chi connectivity index (χ0v) is 16.0. The van der Waals surface area contributed by atoms with Gasteiger partial charge in [-0.05, 0) is 48.7 Å². The third-order valence-electron chi connectivity index (χ3n) is 5.47. The molecule has 3 rings (SSSR count). The molecule has 1 amide bonds. The summed E-state index contributed by atoms with van der Waals surface area (Å²) in [5.74, 6) is -0.293. The van der Waals surface area contributed by atoms with E-state index in [1.807, 2.05) is 26.0 Å². The molecule has 1 heterocycles. The van der Waals surface area contributed by atoms with Crippen molar-refractivity contribution < 1.29 is 14.3 Å². The maximum Gasteiger partial charge on any atom is 0.407 e. The molecule has 3 atom stereocenters. The number of nitriles is 1. The highest BCUT2D eigenvalue weighted by molar-refractivity contribution is 5.65. The Kier molecular flexibility index (Phi) is 5.96. The first kappa shape index (κ1) is 19.8. The number of hydrogen-bond acceptors (Lipinski definition) is 3. The molecular formula is C22H24FN3O2. The van der Waals surface area contributed by atoms with Crippen molar-refractivity contribution in [3.8, 4) is 6.07 Å². The van der Waals surface area contributed by atoms with Crippen LogP contribution in [0.2, 0.25) is 0 Å². The van der Waals surface area contributed by atoms with Crippen LogP contribution in [0.15, 0.2) is 48.5 Å². The zero-order valence-electron chi connectivity index (χ0n) is 16.0. The Labute approximate surface area is 164 Å². The highest BCUT2D eigenvalue weighted by Crippen LogP contribution is 2.34. The van der Waals surface area contributed by atoms with Crippen molar-refractivity contribution in [3.05, 3.63) is 71.0 Å². The van der Waals surface area contributed by atoms with Gasteiger partial charge in [0.05, 0.1) is 17.7 Å². The van der Waals surface area contributed by atoms with Crippen molar-refractivity contribution in [2.75, 3.05) is 13.1 Å². The zero-order chi connectivity index (χ0) is 20.3. The Morgan fingerprint density at radius 1 is 1.18 bits per heavy atom. The van der Waals surface area contributed by atoms with E-state index in [2.05, 4.69) is 11.0 Å². The first-order valence-corrected chi connectivity index (χ1v) is 9.45. The van der Waals surface area contributed by atoms with Gasteiger partial charge in [0.25, 0.3) is 0 Å². The number of amides is 1. The Hall–Kier alpha value is -2.91. The SMILES string of the molecule is CC[C@@H]1CN(C(=O)O)[C@@H](C)CN1[C@H](c1ccc(F)cc1)c1ccc(C#N)cc1. The van der Waals surface area contributed by atoms with Gasteiger partial charge >= 0.3 is 6.09 Å². The van der Waals surface area contributed by atoms with Gasteiger partial charge in [0, 0.05) is 25.2 Å². The molecule has 6 heteroatoms. The standard InChI is InChI=1S/C22H24FN3O2/c1-3-20-14-25(22(27)28)15(2)13-26(20)21(18-8-10-19(23)11-9-18)17-6-4-16(12-24)5-7-17/h4-11,15,20-21H,3,13-14H2,1-2H3,(H,27,28)/t15-,20+,21-/m0/s1. The Bertz CT molecular complexity index is 861. The second-order valence-corrected chi connectivity index (χ2v) is 7.23. The molecule has 1 aliphatic heterocycles. The van der Waals surface area contributed by atoms with Gasteiger partial charge in [-0.1, -0.05) is 31.2 Å². The molecule has 1 aliphatic rings. The van der Waals surface area contributed by atoms with Gasteiger partial charge in [-0.3, -0.25) is 4.90 Å². The summed E-state index contributed by atoms with van der Waals surface area (Å²) in [4.78, 5) is 15.4. The molecule has 2 aromatic carbocycles. The van der Waals surface area contributed by atoms with Crippen molar-refractivity contribution in [1.29, 1.82) is 5.26 Å². The molecule has 146 valence electrons. The number of carbonyl (C=O) groups is 1. The van der Waals surface area contributed by atoms with Gasteiger partial charge in [0.1, 0.15) is 5.82 Å². The van der Waals surface area contributed by atoms with E-state index < -0.39 is 6.09 Å². The maximum absolute atomic E-state index is 13.5. The summed E-state index contributed by atoms with van der Waals surface area (Å²) >= 11 is 0. The summed E-state index contributed by atoms with van der Waals surface area (Å²) in [6, 6.07) is 15.7. The van der Waals surface area contributed by atoms with Gasteiger partial charge in [0.2, 0.25) is 0 Å². The van der Waals surface area contributed by atoms with Gasteiger partial charge in [-0.15, -0.1) is 0 Å². The van der Waals surface area contributed by atoms with Crippen LogP contribution < -0.4 is 0 Å². The predicted octanol–water partition coefficient (Wildman–Crippen LogP) is 4.25. The molecule has 0 aromatic heterocycles. The Morgan fingerprint density at radius 2 is 1.75 bits per heavy atom. The highest BCUT2D eigenvalue weighted by atomic mass is 19.1. The predicted molar refractivity (Wildman–Crippen MR) is 104 cm³/mol. The lowest BCUT2D eigenvalue weighted by Crippen LogP contribution is -2.59. The molecule has 1 saturated heterocycles. The lowest BCUT2D eigenvalue weighted by atomic mass is 9.92. The number of piperazine rings is 1. The number of nitrogens with zero attached hydrogens (tertiary/aromatic N) is 3. The van der Waals surface area contributed by atoms with Crippen LogP contribution in [-0.2, 0) is 0 Å². The minimum absolute atomic E-state index is 0.0398. The van der Waals surface area contributed by atoms with Gasteiger partial charge in [-0.2, -0.15) is 5.26 Å². The average Bonchev–Trinajstić information content (AvgIpc) is 2.70. The summed E-state index contributed by atoms with van der Waals surface area (Å²) in [5.41, 5.74) is 2.53. The van der Waals surface area contributed by atoms with E-state index in [9.17, 15) is 14.3 Å². The van der Waals surface area contributed by atoms with Crippen molar-refractivity contribution in [2.45, 2.75) is 38.4 Å². The Morgan fingerprint density at radius 3 is 2.25 bits per heavy atom. The molecule has 5 nitrogen and oxygen atoms in total. The van der Waals surface area contributed by atoms with E-state index in [4.69, 9.17) is 5.26 Å². The van der Waals surface area contributed by atoms with E-state index in [0.29, 0.717) is 18.7 Å². The molecule has 0 unspecified atom stereocenters. The first-order chi connectivity index (χ1) is 13.4. The van der Waals surface area contributed by atoms with Crippen LogP contribution in [0.25, 0.3) is 0 Å². The average molecular weight is 381 g/mol. The van der Waals surface area contributed by atoms with Gasteiger partial charge in [0.15, 0.2) is 0 Å². The van der Waals surface area contributed by atoms with Crippen molar-refractivity contribution >= 4 is 6.09 Å². The maximum atomic E-state index is 13.5. The smallest absolute Gasteiger partial charge is 0.407 e. The summed E-state index contributed by atoms with van der Waals surface area (Å²) in [7, 11) is 0. The molecule has 0 saturated carbocycles. The van der Waals surface area contributed by atoms with Crippen LogP contribution in [0.4, 0.5) is 9.18 Å². The number of carboxylic acid groups (broad SMARTS) is 1. The lowest BCUT2D eigenvalue weighted by Gasteiger charge is -2.47. The molecule has 2 aromatic rings.